The number of piperidine rings is 1. The number of pyridine rings is 2. The Morgan fingerprint density at radius 3 is 2.93 bits per heavy atom. The number of aromatic nitrogens is 2. The van der Waals surface area contributed by atoms with Crippen LogP contribution < -0.4 is 20.4 Å². The molecule has 0 saturated carbocycles. The first-order valence-corrected chi connectivity index (χ1v) is 10.2. The summed E-state index contributed by atoms with van der Waals surface area (Å²) in [5.74, 6) is 2.86. The van der Waals surface area contributed by atoms with Crippen molar-refractivity contribution < 1.29 is 4.79 Å². The third kappa shape index (κ3) is 4.18. The average molecular weight is 380 g/mol. The second-order valence-electron chi connectivity index (χ2n) is 7.66. The van der Waals surface area contributed by atoms with Gasteiger partial charge in [0.2, 0.25) is 0 Å². The van der Waals surface area contributed by atoms with Crippen LogP contribution in [0.1, 0.15) is 32.6 Å². The number of hydrogen-bond acceptors (Lipinski definition) is 5. The van der Waals surface area contributed by atoms with Gasteiger partial charge in [-0.3, -0.25) is 10.2 Å². The topological polar surface area (TPSA) is 73.4 Å². The molecular formula is C21H28N6O. The highest BCUT2D eigenvalue weighted by atomic mass is 16.2. The molecule has 4 heterocycles. The van der Waals surface area contributed by atoms with Crippen molar-refractivity contribution in [2.75, 3.05) is 46.6 Å². The molecule has 2 aliphatic rings. The maximum atomic E-state index is 13.0. The molecule has 2 aromatic heterocycles. The Kier molecular flexibility index (Phi) is 5.60. The summed E-state index contributed by atoms with van der Waals surface area (Å²) >= 11 is 0. The molecule has 0 aliphatic carbocycles. The molecule has 0 spiro atoms. The standard InChI is InChI=1S/C21H28N6O/c1-16-7-6-13-26(15-16)19-10-9-17-20(25-19)27(14-5-4-11-22-17)21(28)24-18-8-2-3-12-23-18/h2-3,8-10,12,16,22H,4-7,11,13-15H2,1H3,(H,23,24,28). The Morgan fingerprint density at radius 2 is 2.11 bits per heavy atom. The highest BCUT2D eigenvalue weighted by molar-refractivity contribution is 6.02. The van der Waals surface area contributed by atoms with E-state index >= 15 is 0 Å². The van der Waals surface area contributed by atoms with Crippen molar-refractivity contribution in [3.63, 3.8) is 0 Å². The van der Waals surface area contributed by atoms with E-state index in [1.54, 1.807) is 17.2 Å². The van der Waals surface area contributed by atoms with E-state index in [2.05, 4.69) is 39.6 Å². The smallest absolute Gasteiger partial charge is 0.328 e. The van der Waals surface area contributed by atoms with Crippen molar-refractivity contribution in [3.8, 4) is 0 Å². The fourth-order valence-electron chi connectivity index (χ4n) is 3.89. The molecule has 2 aromatic rings. The van der Waals surface area contributed by atoms with Crippen molar-refractivity contribution in [2.45, 2.75) is 32.6 Å². The van der Waals surface area contributed by atoms with Gasteiger partial charge in [0.1, 0.15) is 11.6 Å². The first-order chi connectivity index (χ1) is 13.7. The molecule has 7 heteroatoms. The fraction of sp³-hybridized carbons (Fsp3) is 0.476. The number of rotatable bonds is 2. The first kappa shape index (κ1) is 18.5. The van der Waals surface area contributed by atoms with E-state index < -0.39 is 0 Å². The van der Waals surface area contributed by atoms with Gasteiger partial charge in [0.25, 0.3) is 0 Å². The highest BCUT2D eigenvalue weighted by Crippen LogP contribution is 2.31. The van der Waals surface area contributed by atoms with Gasteiger partial charge in [-0.25, -0.2) is 14.8 Å². The van der Waals surface area contributed by atoms with Crippen LogP contribution in [0, 0.1) is 5.92 Å². The average Bonchev–Trinajstić information content (AvgIpc) is 2.69. The van der Waals surface area contributed by atoms with Gasteiger partial charge in [-0.2, -0.15) is 0 Å². The molecule has 1 saturated heterocycles. The van der Waals surface area contributed by atoms with Crippen molar-refractivity contribution in [3.05, 3.63) is 36.5 Å². The minimum atomic E-state index is -0.194. The van der Waals surface area contributed by atoms with Crippen molar-refractivity contribution in [1.29, 1.82) is 0 Å². The van der Waals surface area contributed by atoms with Crippen molar-refractivity contribution in [2.24, 2.45) is 5.92 Å². The Hall–Kier alpha value is -2.83. The predicted octanol–water partition coefficient (Wildman–Crippen LogP) is 3.96. The van der Waals surface area contributed by atoms with Gasteiger partial charge in [0.15, 0.2) is 5.82 Å². The van der Waals surface area contributed by atoms with Crippen molar-refractivity contribution in [1.82, 2.24) is 9.97 Å². The van der Waals surface area contributed by atoms with Gasteiger partial charge in [-0.1, -0.05) is 13.0 Å². The predicted molar refractivity (Wildman–Crippen MR) is 113 cm³/mol. The largest absolute Gasteiger partial charge is 0.382 e. The summed E-state index contributed by atoms with van der Waals surface area (Å²) in [4.78, 5) is 26.2. The number of amides is 2. The summed E-state index contributed by atoms with van der Waals surface area (Å²) in [5, 5.41) is 6.34. The number of hydrogen-bond donors (Lipinski definition) is 2. The third-order valence-corrected chi connectivity index (χ3v) is 5.37. The number of fused-ring (bicyclic) bond motifs is 1. The van der Waals surface area contributed by atoms with E-state index in [0.29, 0.717) is 24.1 Å². The molecule has 1 atom stereocenters. The minimum Gasteiger partial charge on any atom is -0.382 e. The van der Waals surface area contributed by atoms with E-state index in [0.717, 1.165) is 44.0 Å². The molecule has 28 heavy (non-hydrogen) atoms. The van der Waals surface area contributed by atoms with Crippen LogP contribution in [0.3, 0.4) is 0 Å². The summed E-state index contributed by atoms with van der Waals surface area (Å²) in [6.07, 6.45) is 6.06. The molecular weight excluding hydrogens is 352 g/mol. The Labute approximate surface area is 166 Å². The fourth-order valence-corrected chi connectivity index (χ4v) is 3.89. The van der Waals surface area contributed by atoms with E-state index in [4.69, 9.17) is 4.98 Å². The second-order valence-corrected chi connectivity index (χ2v) is 7.66. The number of nitrogens with one attached hydrogen (secondary N) is 2. The van der Waals surface area contributed by atoms with Crippen LogP contribution in [0.15, 0.2) is 36.5 Å². The SMILES string of the molecule is CC1CCCN(c2ccc3c(n2)N(C(=O)Nc2ccccn2)CCCCN3)C1. The number of carbonyl (C=O) groups excluding carboxylic acids is 1. The van der Waals surface area contributed by atoms with Gasteiger partial charge >= 0.3 is 6.03 Å². The van der Waals surface area contributed by atoms with E-state index in [1.807, 2.05) is 12.1 Å². The number of nitrogens with zero attached hydrogens (tertiary/aromatic N) is 4. The van der Waals surface area contributed by atoms with Gasteiger partial charge in [-0.05, 0) is 55.9 Å². The zero-order valence-electron chi connectivity index (χ0n) is 16.4. The maximum Gasteiger partial charge on any atom is 0.328 e. The van der Waals surface area contributed by atoms with Crippen LogP contribution >= 0.6 is 0 Å². The lowest BCUT2D eigenvalue weighted by Crippen LogP contribution is -2.39. The molecule has 1 unspecified atom stereocenters. The zero-order chi connectivity index (χ0) is 19.3. The van der Waals surface area contributed by atoms with Crippen LogP contribution in [0.4, 0.5) is 27.9 Å². The van der Waals surface area contributed by atoms with Crippen LogP contribution in [0.5, 0.6) is 0 Å². The van der Waals surface area contributed by atoms with Crippen LogP contribution in [-0.4, -0.2) is 42.2 Å². The highest BCUT2D eigenvalue weighted by Gasteiger charge is 2.25. The summed E-state index contributed by atoms with van der Waals surface area (Å²) in [5.41, 5.74) is 0.907. The molecule has 148 valence electrons. The summed E-state index contributed by atoms with van der Waals surface area (Å²) in [7, 11) is 0. The summed E-state index contributed by atoms with van der Waals surface area (Å²) < 4.78 is 0. The monoisotopic (exact) mass is 380 g/mol. The molecule has 2 N–H and O–H groups in total. The number of carbonyl (C=O) groups is 1. The first-order valence-electron chi connectivity index (χ1n) is 10.2. The van der Waals surface area contributed by atoms with E-state index in [9.17, 15) is 4.79 Å². The molecule has 7 nitrogen and oxygen atoms in total. The molecule has 0 radical (unpaired) electrons. The number of urea groups is 1. The Morgan fingerprint density at radius 1 is 1.18 bits per heavy atom. The van der Waals surface area contributed by atoms with Crippen LogP contribution in [0.25, 0.3) is 0 Å². The molecule has 0 aromatic carbocycles. The lowest BCUT2D eigenvalue weighted by Gasteiger charge is -2.33. The number of anilines is 4. The molecule has 0 bridgehead atoms. The van der Waals surface area contributed by atoms with E-state index in [-0.39, 0.29) is 6.03 Å². The van der Waals surface area contributed by atoms with Crippen molar-refractivity contribution >= 4 is 29.2 Å². The maximum absolute atomic E-state index is 13.0. The second kappa shape index (κ2) is 8.46. The minimum absolute atomic E-state index is 0.194. The quantitative estimate of drug-likeness (QED) is 0.825. The Balaban J connectivity index is 1.62. The van der Waals surface area contributed by atoms with Gasteiger partial charge in [0.05, 0.1) is 5.69 Å². The van der Waals surface area contributed by atoms with Crippen LogP contribution in [-0.2, 0) is 0 Å². The van der Waals surface area contributed by atoms with Gasteiger partial charge in [0, 0.05) is 32.4 Å². The summed E-state index contributed by atoms with van der Waals surface area (Å²) in [6, 6.07) is 9.42. The lowest BCUT2D eigenvalue weighted by molar-refractivity contribution is 0.256. The Bertz CT molecular complexity index is 812. The molecule has 2 amide bonds. The zero-order valence-corrected chi connectivity index (χ0v) is 16.4. The van der Waals surface area contributed by atoms with E-state index in [1.165, 1.54) is 12.8 Å². The van der Waals surface area contributed by atoms with Gasteiger partial charge < -0.3 is 10.2 Å². The normalized spacial score (nSPS) is 19.8. The lowest BCUT2D eigenvalue weighted by atomic mass is 10.0. The van der Waals surface area contributed by atoms with Crippen LogP contribution in [0.2, 0.25) is 0 Å². The molecule has 4 rings (SSSR count). The van der Waals surface area contributed by atoms with Gasteiger partial charge in [-0.15, -0.1) is 0 Å². The third-order valence-electron chi connectivity index (χ3n) is 5.37. The summed E-state index contributed by atoms with van der Waals surface area (Å²) in [6.45, 7) is 5.85. The molecule has 2 aliphatic heterocycles. The molecule has 1 fully saturated rings.